The molecule has 0 saturated heterocycles. The van der Waals surface area contributed by atoms with Crippen molar-refractivity contribution >= 4 is 44.9 Å². The van der Waals surface area contributed by atoms with Gasteiger partial charge in [0.05, 0.1) is 5.75 Å². The normalized spacial score (nSPS) is 12.3. The average molecular weight is 301 g/mol. The van der Waals surface area contributed by atoms with Gasteiger partial charge in [-0.3, -0.25) is 0 Å². The van der Waals surface area contributed by atoms with E-state index < -0.39 is 0 Å². The topological polar surface area (TPSA) is 25.8 Å². The molecule has 2 rings (SSSR count). The van der Waals surface area contributed by atoms with Crippen molar-refractivity contribution in [3.63, 3.8) is 0 Å². The number of thioether (sulfide) groups is 1. The van der Waals surface area contributed by atoms with E-state index in [1.165, 1.54) is 4.88 Å². The number of rotatable bonds is 3. The van der Waals surface area contributed by atoms with Gasteiger partial charge in [0.1, 0.15) is 15.8 Å². The van der Waals surface area contributed by atoms with E-state index in [0.29, 0.717) is 5.15 Å². The molecule has 2 nitrogen and oxygen atoms in total. The number of hydrogen-bond acceptors (Lipinski definition) is 4. The number of nitrogens with zero attached hydrogens (tertiary/aromatic N) is 2. The second kappa shape index (κ2) is 5.35. The van der Waals surface area contributed by atoms with Crippen molar-refractivity contribution in [1.29, 1.82) is 0 Å². The molecular weight excluding hydrogens is 284 g/mol. The highest BCUT2D eigenvalue weighted by atomic mass is 35.5. The highest BCUT2D eigenvalue weighted by Gasteiger charge is 2.14. The number of halogens is 1. The monoisotopic (exact) mass is 300 g/mol. The lowest BCUT2D eigenvalue weighted by atomic mass is 10.3. The quantitative estimate of drug-likeness (QED) is 0.751. The van der Waals surface area contributed by atoms with Crippen molar-refractivity contribution in [2.24, 2.45) is 0 Å². The SMILES string of the molecule is CCc1cc2c(Cl)nc(CSC(C)(C)C)nc2s1. The molecule has 2 aromatic rings. The highest BCUT2D eigenvalue weighted by molar-refractivity contribution is 7.99. The Morgan fingerprint density at radius 3 is 2.67 bits per heavy atom. The third-order valence-electron chi connectivity index (χ3n) is 2.43. The molecule has 0 fully saturated rings. The van der Waals surface area contributed by atoms with Crippen molar-refractivity contribution in [3.8, 4) is 0 Å². The molecular formula is C13H17ClN2S2. The molecule has 0 aliphatic carbocycles. The number of fused-ring (bicyclic) bond motifs is 1. The Labute approximate surface area is 121 Å². The minimum Gasteiger partial charge on any atom is -0.221 e. The zero-order valence-electron chi connectivity index (χ0n) is 11.1. The van der Waals surface area contributed by atoms with E-state index in [0.717, 1.165) is 28.2 Å². The molecule has 0 aromatic carbocycles. The lowest BCUT2D eigenvalue weighted by molar-refractivity contribution is 0.800. The van der Waals surface area contributed by atoms with Gasteiger partial charge in [0.25, 0.3) is 0 Å². The Kier molecular flexibility index (Phi) is 4.19. The zero-order valence-corrected chi connectivity index (χ0v) is 13.5. The van der Waals surface area contributed by atoms with Crippen LogP contribution in [0.3, 0.4) is 0 Å². The summed E-state index contributed by atoms with van der Waals surface area (Å²) in [5.74, 6) is 1.63. The second-order valence-corrected chi connectivity index (χ2v) is 8.39. The van der Waals surface area contributed by atoms with Crippen molar-refractivity contribution < 1.29 is 0 Å². The fraction of sp³-hybridized carbons (Fsp3) is 0.538. The highest BCUT2D eigenvalue weighted by Crippen LogP contribution is 2.31. The molecule has 0 amide bonds. The Morgan fingerprint density at radius 1 is 1.33 bits per heavy atom. The van der Waals surface area contributed by atoms with Gasteiger partial charge in [-0.25, -0.2) is 9.97 Å². The van der Waals surface area contributed by atoms with E-state index >= 15 is 0 Å². The molecule has 0 aliphatic heterocycles. The minimum absolute atomic E-state index is 0.217. The number of hydrogen-bond donors (Lipinski definition) is 0. The van der Waals surface area contributed by atoms with E-state index in [9.17, 15) is 0 Å². The second-order valence-electron chi connectivity index (χ2n) is 5.12. The van der Waals surface area contributed by atoms with Gasteiger partial charge in [0.2, 0.25) is 0 Å². The molecule has 0 bridgehead atoms. The molecule has 0 unspecified atom stereocenters. The molecule has 5 heteroatoms. The molecule has 18 heavy (non-hydrogen) atoms. The third-order valence-corrected chi connectivity index (χ3v) is 5.16. The van der Waals surface area contributed by atoms with Crippen LogP contribution in [0.1, 0.15) is 38.4 Å². The molecule has 98 valence electrons. The van der Waals surface area contributed by atoms with Gasteiger partial charge >= 0.3 is 0 Å². The van der Waals surface area contributed by atoms with E-state index in [-0.39, 0.29) is 4.75 Å². The summed E-state index contributed by atoms with van der Waals surface area (Å²) in [7, 11) is 0. The molecule has 0 N–H and O–H groups in total. The van der Waals surface area contributed by atoms with Crippen molar-refractivity contribution in [2.75, 3.05) is 0 Å². The molecule has 0 saturated carbocycles. The Balaban J connectivity index is 2.30. The third kappa shape index (κ3) is 3.37. The molecule has 0 aliphatic rings. The Hall–Kier alpha value is -0.320. The van der Waals surface area contributed by atoms with Gasteiger partial charge in [-0.2, -0.15) is 0 Å². The fourth-order valence-electron chi connectivity index (χ4n) is 1.50. The fourth-order valence-corrected chi connectivity index (χ4v) is 3.47. The minimum atomic E-state index is 0.217. The maximum atomic E-state index is 6.23. The lowest BCUT2D eigenvalue weighted by Crippen LogP contribution is -2.08. The van der Waals surface area contributed by atoms with Gasteiger partial charge in [-0.15, -0.1) is 23.1 Å². The van der Waals surface area contributed by atoms with Crippen molar-refractivity contribution in [2.45, 2.75) is 44.6 Å². The summed E-state index contributed by atoms with van der Waals surface area (Å²) in [5.41, 5.74) is 0. The van der Waals surface area contributed by atoms with Gasteiger partial charge in [-0.05, 0) is 12.5 Å². The van der Waals surface area contributed by atoms with Crippen LogP contribution in [0.4, 0.5) is 0 Å². The van der Waals surface area contributed by atoms with Gasteiger partial charge in [0, 0.05) is 15.0 Å². The van der Waals surface area contributed by atoms with E-state index in [4.69, 9.17) is 11.6 Å². The smallest absolute Gasteiger partial charge is 0.141 e. The van der Waals surface area contributed by atoms with Crippen LogP contribution in [0.15, 0.2) is 6.07 Å². The van der Waals surface area contributed by atoms with Crippen LogP contribution in [0.2, 0.25) is 5.15 Å². The molecule has 0 radical (unpaired) electrons. The molecule has 0 atom stereocenters. The van der Waals surface area contributed by atoms with Crippen LogP contribution in [0.25, 0.3) is 10.2 Å². The first kappa shape index (κ1) is 14.1. The summed E-state index contributed by atoms with van der Waals surface area (Å²) >= 11 is 9.78. The van der Waals surface area contributed by atoms with Crippen LogP contribution in [-0.2, 0) is 12.2 Å². The average Bonchev–Trinajstić information content (AvgIpc) is 2.69. The standard InChI is InChI=1S/C13H17ClN2S2/c1-5-8-6-9-11(14)15-10(16-12(9)18-8)7-17-13(2,3)4/h6H,5,7H2,1-4H3. The summed E-state index contributed by atoms with van der Waals surface area (Å²) < 4.78 is 0.217. The van der Waals surface area contributed by atoms with E-state index in [2.05, 4.69) is 43.7 Å². The largest absolute Gasteiger partial charge is 0.221 e. The van der Waals surface area contributed by atoms with Crippen LogP contribution in [0, 0.1) is 0 Å². The van der Waals surface area contributed by atoms with Gasteiger partial charge < -0.3 is 0 Å². The first-order chi connectivity index (χ1) is 8.39. The van der Waals surface area contributed by atoms with E-state index in [1.807, 2.05) is 11.8 Å². The zero-order chi connectivity index (χ0) is 13.3. The summed E-state index contributed by atoms with van der Waals surface area (Å²) in [6, 6.07) is 2.10. The van der Waals surface area contributed by atoms with Crippen LogP contribution in [-0.4, -0.2) is 14.7 Å². The number of thiophene rings is 1. The van der Waals surface area contributed by atoms with Gasteiger partial charge in [-0.1, -0.05) is 39.3 Å². The predicted octanol–water partition coefficient (Wildman–Crippen LogP) is 4.94. The van der Waals surface area contributed by atoms with Crippen LogP contribution < -0.4 is 0 Å². The maximum Gasteiger partial charge on any atom is 0.141 e. The van der Waals surface area contributed by atoms with Crippen molar-refractivity contribution in [1.82, 2.24) is 9.97 Å². The first-order valence-corrected chi connectivity index (χ1v) is 8.16. The predicted molar refractivity (Wildman–Crippen MR) is 82.9 cm³/mol. The molecule has 2 heterocycles. The lowest BCUT2D eigenvalue weighted by Gasteiger charge is -2.16. The van der Waals surface area contributed by atoms with Gasteiger partial charge in [0.15, 0.2) is 0 Å². The number of aromatic nitrogens is 2. The summed E-state index contributed by atoms with van der Waals surface area (Å²) in [5, 5.41) is 1.57. The summed E-state index contributed by atoms with van der Waals surface area (Å²) in [6.45, 7) is 8.72. The van der Waals surface area contributed by atoms with Crippen LogP contribution in [0.5, 0.6) is 0 Å². The summed E-state index contributed by atoms with van der Waals surface area (Å²) in [4.78, 5) is 11.3. The maximum absolute atomic E-state index is 6.23. The molecule has 0 spiro atoms. The number of aryl methyl sites for hydroxylation is 1. The Morgan fingerprint density at radius 2 is 2.06 bits per heavy atom. The first-order valence-electron chi connectivity index (χ1n) is 5.98. The van der Waals surface area contributed by atoms with Crippen molar-refractivity contribution in [3.05, 3.63) is 21.9 Å². The molecule has 2 aromatic heterocycles. The van der Waals surface area contributed by atoms with E-state index in [1.54, 1.807) is 11.3 Å². The Bertz CT molecular complexity index is 558. The summed E-state index contributed by atoms with van der Waals surface area (Å²) in [6.07, 6.45) is 1.02. The van der Waals surface area contributed by atoms with Crippen LogP contribution >= 0.6 is 34.7 Å².